The third-order valence-electron chi connectivity index (χ3n) is 3.36. The minimum atomic E-state index is -0.354. The van der Waals surface area contributed by atoms with Gasteiger partial charge >= 0.3 is 0 Å². The van der Waals surface area contributed by atoms with E-state index in [0.29, 0.717) is 0 Å². The summed E-state index contributed by atoms with van der Waals surface area (Å²) in [4.78, 5) is 0. The fourth-order valence-corrected chi connectivity index (χ4v) is 2.46. The highest BCUT2D eigenvalue weighted by atomic mass is 19.1. The van der Waals surface area contributed by atoms with Crippen molar-refractivity contribution in [1.29, 1.82) is 0 Å². The van der Waals surface area contributed by atoms with Crippen LogP contribution in [0.5, 0.6) is 0 Å². The highest BCUT2D eigenvalue weighted by Crippen LogP contribution is 2.38. The van der Waals surface area contributed by atoms with Gasteiger partial charge in [0, 0.05) is 5.92 Å². The van der Waals surface area contributed by atoms with E-state index in [-0.39, 0.29) is 23.8 Å². The summed E-state index contributed by atoms with van der Waals surface area (Å²) < 4.78 is 13.4. The van der Waals surface area contributed by atoms with Crippen molar-refractivity contribution in [3.05, 3.63) is 35.1 Å². The molecule has 0 spiro atoms. The first-order chi connectivity index (χ1) is 7.11. The van der Waals surface area contributed by atoms with Gasteiger partial charge in [-0.2, -0.15) is 0 Å². The van der Waals surface area contributed by atoms with Crippen molar-refractivity contribution < 1.29 is 9.50 Å². The summed E-state index contributed by atoms with van der Waals surface area (Å²) in [5.74, 6) is 0.228. The van der Waals surface area contributed by atoms with Crippen molar-refractivity contribution in [2.24, 2.45) is 5.92 Å². The van der Waals surface area contributed by atoms with Crippen LogP contribution in [0.25, 0.3) is 0 Å². The zero-order valence-electron chi connectivity index (χ0n) is 9.20. The number of aliphatic hydroxyl groups is 1. The minimum absolute atomic E-state index is 0.119. The van der Waals surface area contributed by atoms with E-state index >= 15 is 0 Å². The van der Waals surface area contributed by atoms with Crippen LogP contribution < -0.4 is 0 Å². The maximum absolute atomic E-state index is 13.4. The number of hydrogen-bond acceptors (Lipinski definition) is 1. The quantitative estimate of drug-likeness (QED) is 0.792. The van der Waals surface area contributed by atoms with Crippen molar-refractivity contribution in [2.75, 3.05) is 0 Å². The SMILES string of the molecule is CC(C)C(O)C1CCc2c(F)cccc21. The second kappa shape index (κ2) is 3.93. The molecule has 0 fully saturated rings. The van der Waals surface area contributed by atoms with Crippen LogP contribution in [-0.2, 0) is 6.42 Å². The van der Waals surface area contributed by atoms with E-state index in [1.54, 1.807) is 6.07 Å². The lowest BCUT2D eigenvalue weighted by Crippen LogP contribution is -2.22. The van der Waals surface area contributed by atoms with Crippen molar-refractivity contribution in [3.63, 3.8) is 0 Å². The Kier molecular flexibility index (Phi) is 2.79. The van der Waals surface area contributed by atoms with Crippen LogP contribution in [0.15, 0.2) is 18.2 Å². The average molecular weight is 208 g/mol. The Bertz CT molecular complexity index is 360. The summed E-state index contributed by atoms with van der Waals surface area (Å²) in [6, 6.07) is 5.18. The van der Waals surface area contributed by atoms with Crippen molar-refractivity contribution >= 4 is 0 Å². The molecule has 2 heteroatoms. The van der Waals surface area contributed by atoms with E-state index in [1.807, 2.05) is 19.9 Å². The molecule has 0 heterocycles. The molecule has 2 unspecified atom stereocenters. The topological polar surface area (TPSA) is 20.2 Å². The first-order valence-electron chi connectivity index (χ1n) is 5.56. The van der Waals surface area contributed by atoms with E-state index in [9.17, 15) is 9.50 Å². The number of hydrogen-bond donors (Lipinski definition) is 1. The van der Waals surface area contributed by atoms with Gasteiger partial charge in [0.25, 0.3) is 0 Å². The maximum atomic E-state index is 13.4. The highest BCUT2D eigenvalue weighted by Gasteiger charge is 2.31. The van der Waals surface area contributed by atoms with Crippen LogP contribution in [-0.4, -0.2) is 11.2 Å². The molecule has 1 nitrogen and oxygen atoms in total. The lowest BCUT2D eigenvalue weighted by atomic mass is 9.89. The van der Waals surface area contributed by atoms with Crippen molar-refractivity contribution in [3.8, 4) is 0 Å². The second-order valence-electron chi connectivity index (χ2n) is 4.69. The predicted octanol–water partition coefficient (Wildman–Crippen LogP) is 2.87. The maximum Gasteiger partial charge on any atom is 0.126 e. The average Bonchev–Trinajstić information content (AvgIpc) is 2.61. The summed E-state index contributed by atoms with van der Waals surface area (Å²) >= 11 is 0. The zero-order chi connectivity index (χ0) is 11.0. The summed E-state index contributed by atoms with van der Waals surface area (Å²) in [5.41, 5.74) is 1.82. The van der Waals surface area contributed by atoms with E-state index in [1.165, 1.54) is 6.07 Å². The van der Waals surface area contributed by atoms with Gasteiger partial charge in [-0.1, -0.05) is 26.0 Å². The van der Waals surface area contributed by atoms with Crippen molar-refractivity contribution in [2.45, 2.75) is 38.7 Å². The van der Waals surface area contributed by atoms with Gasteiger partial charge < -0.3 is 5.11 Å². The molecular weight excluding hydrogens is 191 g/mol. The lowest BCUT2D eigenvalue weighted by molar-refractivity contribution is 0.0963. The van der Waals surface area contributed by atoms with Gasteiger partial charge in [0.2, 0.25) is 0 Å². The molecule has 2 rings (SSSR count). The Balaban J connectivity index is 2.33. The third kappa shape index (κ3) is 1.78. The van der Waals surface area contributed by atoms with E-state index in [0.717, 1.165) is 24.0 Å². The second-order valence-corrected chi connectivity index (χ2v) is 4.69. The Morgan fingerprint density at radius 3 is 2.80 bits per heavy atom. The van der Waals surface area contributed by atoms with Crippen LogP contribution in [0.3, 0.4) is 0 Å². The molecule has 82 valence electrons. The van der Waals surface area contributed by atoms with E-state index in [4.69, 9.17) is 0 Å². The largest absolute Gasteiger partial charge is 0.392 e. The van der Waals surface area contributed by atoms with Gasteiger partial charge in [-0.05, 0) is 36.0 Å². The van der Waals surface area contributed by atoms with Crippen LogP contribution in [0.4, 0.5) is 4.39 Å². The molecule has 0 amide bonds. The molecule has 1 aromatic carbocycles. The molecule has 15 heavy (non-hydrogen) atoms. The standard InChI is InChI=1S/C13H17FO/c1-8(2)13(15)11-7-6-10-9(11)4-3-5-12(10)14/h3-5,8,11,13,15H,6-7H2,1-2H3. The van der Waals surface area contributed by atoms with Crippen LogP contribution in [0.1, 0.15) is 37.3 Å². The van der Waals surface area contributed by atoms with Crippen LogP contribution >= 0.6 is 0 Å². The summed E-state index contributed by atoms with van der Waals surface area (Å²) in [5, 5.41) is 10.0. The van der Waals surface area contributed by atoms with Gasteiger partial charge in [-0.25, -0.2) is 4.39 Å². The van der Waals surface area contributed by atoms with Gasteiger partial charge in [0.1, 0.15) is 5.82 Å². The van der Waals surface area contributed by atoms with Crippen LogP contribution in [0.2, 0.25) is 0 Å². The fourth-order valence-electron chi connectivity index (χ4n) is 2.46. The number of halogens is 1. The zero-order valence-corrected chi connectivity index (χ0v) is 9.20. The first kappa shape index (κ1) is 10.6. The smallest absolute Gasteiger partial charge is 0.126 e. The van der Waals surface area contributed by atoms with Crippen molar-refractivity contribution in [1.82, 2.24) is 0 Å². The van der Waals surface area contributed by atoms with Gasteiger partial charge in [-0.15, -0.1) is 0 Å². The third-order valence-corrected chi connectivity index (χ3v) is 3.36. The lowest BCUT2D eigenvalue weighted by Gasteiger charge is -2.22. The van der Waals surface area contributed by atoms with E-state index < -0.39 is 0 Å². The Hall–Kier alpha value is -0.890. The fraction of sp³-hybridized carbons (Fsp3) is 0.538. The molecule has 0 aromatic heterocycles. The molecule has 0 radical (unpaired) electrons. The van der Waals surface area contributed by atoms with E-state index in [2.05, 4.69) is 0 Å². The monoisotopic (exact) mass is 208 g/mol. The Morgan fingerprint density at radius 1 is 1.40 bits per heavy atom. The summed E-state index contributed by atoms with van der Waals surface area (Å²) in [6.07, 6.45) is 1.28. The normalized spacial score (nSPS) is 21.8. The molecule has 0 saturated heterocycles. The Morgan fingerprint density at radius 2 is 2.13 bits per heavy atom. The van der Waals surface area contributed by atoms with Crippen LogP contribution in [0, 0.1) is 11.7 Å². The number of aliphatic hydroxyl groups excluding tert-OH is 1. The molecular formula is C13H17FO. The first-order valence-corrected chi connectivity index (χ1v) is 5.56. The predicted molar refractivity (Wildman–Crippen MR) is 58.3 cm³/mol. The number of rotatable bonds is 2. The summed E-state index contributed by atoms with van der Waals surface area (Å²) in [7, 11) is 0. The van der Waals surface area contributed by atoms with Gasteiger partial charge in [0.05, 0.1) is 6.10 Å². The van der Waals surface area contributed by atoms with Gasteiger partial charge in [-0.3, -0.25) is 0 Å². The molecule has 1 aliphatic carbocycles. The molecule has 1 N–H and O–H groups in total. The summed E-state index contributed by atoms with van der Waals surface area (Å²) in [6.45, 7) is 4.00. The molecule has 1 aromatic rings. The number of fused-ring (bicyclic) bond motifs is 1. The molecule has 0 saturated carbocycles. The molecule has 0 bridgehead atoms. The van der Waals surface area contributed by atoms with Gasteiger partial charge in [0.15, 0.2) is 0 Å². The Labute approximate surface area is 89.9 Å². The molecule has 1 aliphatic rings. The minimum Gasteiger partial charge on any atom is -0.392 e. The molecule has 0 aliphatic heterocycles. The highest BCUT2D eigenvalue weighted by molar-refractivity contribution is 5.36. The number of benzene rings is 1. The molecule has 2 atom stereocenters.